The van der Waals surface area contributed by atoms with Crippen LogP contribution in [-0.4, -0.2) is 18.7 Å². The molecule has 0 spiro atoms. The van der Waals surface area contributed by atoms with Gasteiger partial charge in [0.1, 0.15) is 0 Å². The smallest absolute Gasteiger partial charge is 0.259 e. The summed E-state index contributed by atoms with van der Waals surface area (Å²) in [5.41, 5.74) is 5.65. The molecule has 1 aromatic rings. The van der Waals surface area contributed by atoms with E-state index >= 15 is 0 Å². The van der Waals surface area contributed by atoms with Gasteiger partial charge in [0.15, 0.2) is 0 Å². The third kappa shape index (κ3) is 9.55. The molecule has 4 nitrogen and oxygen atoms in total. The molecule has 2 N–H and O–H groups in total. The summed E-state index contributed by atoms with van der Waals surface area (Å²) in [7, 11) is 0. The van der Waals surface area contributed by atoms with Gasteiger partial charge in [-0.05, 0) is 89.6 Å². The number of halogens is 3. The molecule has 0 bridgehead atoms. The number of rotatable bonds is 9. The first kappa shape index (κ1) is 22.9. The molecule has 0 heterocycles. The van der Waals surface area contributed by atoms with Gasteiger partial charge in [0.05, 0.1) is 12.2 Å². The molecular weight excluding hydrogens is 481 g/mol. The minimum absolute atomic E-state index is 0.0988. The van der Waals surface area contributed by atoms with Gasteiger partial charge in [-0.1, -0.05) is 29.3 Å². The van der Waals surface area contributed by atoms with Crippen LogP contribution in [0.2, 0.25) is 5.02 Å². The summed E-state index contributed by atoms with van der Waals surface area (Å²) < 4.78 is 1.56. The Morgan fingerprint density at radius 1 is 1.15 bits per heavy atom. The lowest BCUT2D eigenvalue weighted by Crippen LogP contribution is -2.26. The SMILES string of the molecule is CC(C)=CCCC/C=C(C)/C=N/NC(=O)CNc1c(Br)cc(Cl)cc1Br. The van der Waals surface area contributed by atoms with E-state index in [1.165, 1.54) is 5.57 Å². The summed E-state index contributed by atoms with van der Waals surface area (Å²) >= 11 is 12.8. The average Bonchev–Trinajstić information content (AvgIpc) is 2.53. The number of benzene rings is 1. The Morgan fingerprint density at radius 3 is 2.38 bits per heavy atom. The van der Waals surface area contributed by atoms with Gasteiger partial charge in [-0.15, -0.1) is 0 Å². The topological polar surface area (TPSA) is 53.5 Å². The average molecular weight is 506 g/mol. The molecule has 0 aliphatic heterocycles. The first-order valence-electron chi connectivity index (χ1n) is 8.30. The normalized spacial score (nSPS) is 11.5. The van der Waals surface area contributed by atoms with Crippen LogP contribution in [0.4, 0.5) is 5.69 Å². The van der Waals surface area contributed by atoms with Crippen LogP contribution < -0.4 is 10.7 Å². The molecule has 7 heteroatoms. The van der Waals surface area contributed by atoms with Crippen molar-refractivity contribution in [2.45, 2.75) is 40.0 Å². The molecule has 0 fully saturated rings. The van der Waals surface area contributed by atoms with E-state index in [1.807, 2.05) is 6.92 Å². The Kier molecular flexibility index (Phi) is 10.9. The number of amides is 1. The fourth-order valence-corrected chi connectivity index (χ4v) is 3.97. The monoisotopic (exact) mass is 503 g/mol. The number of anilines is 1. The second-order valence-corrected chi connectivity index (χ2v) is 8.20. The van der Waals surface area contributed by atoms with E-state index < -0.39 is 0 Å². The van der Waals surface area contributed by atoms with Crippen molar-refractivity contribution in [2.24, 2.45) is 5.10 Å². The van der Waals surface area contributed by atoms with Crippen LogP contribution in [0.5, 0.6) is 0 Å². The standard InChI is InChI=1S/C19H24Br2ClN3O/c1-13(2)7-5-4-6-8-14(3)11-24-25-18(26)12-23-19-16(20)9-15(22)10-17(19)21/h7-11,23H,4-6,12H2,1-3H3,(H,25,26)/b14-8+,24-11+. The van der Waals surface area contributed by atoms with Crippen molar-refractivity contribution in [1.82, 2.24) is 5.43 Å². The zero-order valence-electron chi connectivity index (χ0n) is 15.2. The Labute approximate surface area is 177 Å². The molecule has 0 unspecified atom stereocenters. The molecule has 142 valence electrons. The van der Waals surface area contributed by atoms with Crippen LogP contribution in [-0.2, 0) is 4.79 Å². The van der Waals surface area contributed by atoms with Crippen LogP contribution in [0.3, 0.4) is 0 Å². The minimum Gasteiger partial charge on any atom is -0.374 e. The third-order valence-corrected chi connectivity index (χ3v) is 4.79. The van der Waals surface area contributed by atoms with Gasteiger partial charge in [-0.2, -0.15) is 5.10 Å². The Balaban J connectivity index is 2.37. The second-order valence-electron chi connectivity index (χ2n) is 6.05. The van der Waals surface area contributed by atoms with Crippen LogP contribution in [0.1, 0.15) is 40.0 Å². The van der Waals surface area contributed by atoms with Crippen LogP contribution in [0, 0.1) is 0 Å². The van der Waals surface area contributed by atoms with E-state index in [0.717, 1.165) is 39.5 Å². The number of hydrogen-bond donors (Lipinski definition) is 2. The maximum absolute atomic E-state index is 11.9. The Morgan fingerprint density at radius 2 is 1.77 bits per heavy atom. The summed E-state index contributed by atoms with van der Waals surface area (Å²) in [6, 6.07) is 3.52. The number of hydrogen-bond acceptors (Lipinski definition) is 3. The highest BCUT2D eigenvalue weighted by molar-refractivity contribution is 9.11. The first-order chi connectivity index (χ1) is 12.3. The van der Waals surface area contributed by atoms with Crippen LogP contribution in [0.25, 0.3) is 0 Å². The van der Waals surface area contributed by atoms with Crippen molar-refractivity contribution < 1.29 is 4.79 Å². The van der Waals surface area contributed by atoms with E-state index in [4.69, 9.17) is 11.6 Å². The molecule has 1 rings (SSSR count). The molecule has 0 aromatic heterocycles. The van der Waals surface area contributed by atoms with Gasteiger partial charge < -0.3 is 5.32 Å². The van der Waals surface area contributed by atoms with Crippen molar-refractivity contribution in [3.8, 4) is 0 Å². The predicted molar refractivity (Wildman–Crippen MR) is 119 cm³/mol. The largest absolute Gasteiger partial charge is 0.374 e. The lowest BCUT2D eigenvalue weighted by Gasteiger charge is -2.10. The maximum Gasteiger partial charge on any atom is 0.259 e. The van der Waals surface area contributed by atoms with Crippen LogP contribution in [0.15, 0.2) is 49.5 Å². The van der Waals surface area contributed by atoms with Crippen molar-refractivity contribution in [2.75, 3.05) is 11.9 Å². The molecule has 0 radical (unpaired) electrons. The number of unbranched alkanes of at least 4 members (excludes halogenated alkanes) is 2. The van der Waals surface area contributed by atoms with Gasteiger partial charge >= 0.3 is 0 Å². The summed E-state index contributed by atoms with van der Waals surface area (Å²) in [5, 5.41) is 7.63. The summed E-state index contributed by atoms with van der Waals surface area (Å²) in [4.78, 5) is 11.9. The summed E-state index contributed by atoms with van der Waals surface area (Å²) in [5.74, 6) is -0.230. The maximum atomic E-state index is 11.9. The van der Waals surface area contributed by atoms with Gasteiger partial charge in [0.2, 0.25) is 0 Å². The summed E-state index contributed by atoms with van der Waals surface area (Å²) in [6.07, 6.45) is 9.21. The second kappa shape index (κ2) is 12.3. The van der Waals surface area contributed by atoms with Crippen molar-refractivity contribution in [3.05, 3.63) is 49.4 Å². The molecule has 1 aromatic carbocycles. The molecule has 0 saturated carbocycles. The molecule has 0 atom stereocenters. The number of hydrazone groups is 1. The molecule has 26 heavy (non-hydrogen) atoms. The highest BCUT2D eigenvalue weighted by Crippen LogP contribution is 2.33. The van der Waals surface area contributed by atoms with Crippen molar-refractivity contribution in [3.63, 3.8) is 0 Å². The minimum atomic E-state index is -0.230. The van der Waals surface area contributed by atoms with Crippen LogP contribution >= 0.6 is 43.5 Å². The van der Waals surface area contributed by atoms with E-state index in [0.29, 0.717) is 5.02 Å². The number of allylic oxidation sites excluding steroid dienone is 4. The number of nitrogens with zero attached hydrogens (tertiary/aromatic N) is 1. The van der Waals surface area contributed by atoms with Gasteiger partial charge in [-0.25, -0.2) is 5.43 Å². The van der Waals surface area contributed by atoms with Crippen molar-refractivity contribution in [1.29, 1.82) is 0 Å². The van der Waals surface area contributed by atoms with E-state index in [-0.39, 0.29) is 12.5 Å². The molecule has 0 aliphatic rings. The third-order valence-electron chi connectivity index (χ3n) is 3.32. The quantitative estimate of drug-likeness (QED) is 0.175. The zero-order valence-corrected chi connectivity index (χ0v) is 19.1. The molecule has 0 aliphatic carbocycles. The highest BCUT2D eigenvalue weighted by Gasteiger charge is 2.08. The first-order valence-corrected chi connectivity index (χ1v) is 10.3. The zero-order chi connectivity index (χ0) is 19.5. The van der Waals surface area contributed by atoms with Crippen molar-refractivity contribution >= 4 is 61.3 Å². The summed E-state index contributed by atoms with van der Waals surface area (Å²) in [6.45, 7) is 6.28. The number of carbonyl (C=O) groups is 1. The molecule has 1 amide bonds. The van der Waals surface area contributed by atoms with Gasteiger partial charge in [-0.3, -0.25) is 4.79 Å². The fraction of sp³-hybridized carbons (Fsp3) is 0.368. The lowest BCUT2D eigenvalue weighted by molar-refractivity contribution is -0.119. The Bertz CT molecular complexity index is 688. The van der Waals surface area contributed by atoms with Gasteiger partial charge in [0, 0.05) is 20.2 Å². The lowest BCUT2D eigenvalue weighted by atomic mass is 10.1. The van der Waals surface area contributed by atoms with E-state index in [2.05, 4.69) is 73.7 Å². The van der Waals surface area contributed by atoms with Gasteiger partial charge in [0.25, 0.3) is 5.91 Å². The van der Waals surface area contributed by atoms with E-state index in [9.17, 15) is 4.79 Å². The number of nitrogens with one attached hydrogen (secondary N) is 2. The Hall–Kier alpha value is -1.11. The highest BCUT2D eigenvalue weighted by atomic mass is 79.9. The van der Waals surface area contributed by atoms with E-state index in [1.54, 1.807) is 18.3 Å². The number of carbonyl (C=O) groups excluding carboxylic acids is 1. The fourth-order valence-electron chi connectivity index (χ4n) is 2.02. The predicted octanol–water partition coefficient (Wildman–Crippen LogP) is 6.46. The molecule has 0 saturated heterocycles. The molecular formula is C19H24Br2ClN3O.